The Morgan fingerprint density at radius 1 is 1.14 bits per heavy atom. The highest BCUT2D eigenvalue weighted by atomic mass is 19.1. The molecule has 154 valence electrons. The molecule has 3 aromatic rings. The highest BCUT2D eigenvalue weighted by Crippen LogP contribution is 2.20. The predicted octanol–water partition coefficient (Wildman–Crippen LogP) is 4.14. The molecular formula is C23H29FN4O. The fourth-order valence-electron chi connectivity index (χ4n) is 4.34. The van der Waals surface area contributed by atoms with Crippen molar-refractivity contribution in [1.82, 2.24) is 20.1 Å². The van der Waals surface area contributed by atoms with Gasteiger partial charge in [-0.2, -0.15) is 0 Å². The van der Waals surface area contributed by atoms with Crippen LogP contribution >= 0.6 is 0 Å². The van der Waals surface area contributed by atoms with E-state index in [2.05, 4.69) is 39.2 Å². The molecule has 1 aliphatic heterocycles. The van der Waals surface area contributed by atoms with Crippen LogP contribution < -0.4 is 0 Å². The van der Waals surface area contributed by atoms with E-state index in [-0.39, 0.29) is 5.82 Å². The first-order chi connectivity index (χ1) is 14.2. The van der Waals surface area contributed by atoms with E-state index in [1.165, 1.54) is 24.5 Å². The van der Waals surface area contributed by atoms with E-state index >= 15 is 0 Å². The SMILES string of the molecule is CCN(Cc1ccc2nonc2c1)CC1CCCN(CCc2cccc(F)c2)C1. The molecule has 1 saturated heterocycles. The van der Waals surface area contributed by atoms with E-state index in [9.17, 15) is 4.39 Å². The number of hydrogen-bond donors (Lipinski definition) is 0. The third kappa shape index (κ3) is 5.40. The first kappa shape index (κ1) is 20.0. The zero-order valence-corrected chi connectivity index (χ0v) is 17.1. The number of aromatic nitrogens is 2. The highest BCUT2D eigenvalue weighted by molar-refractivity contribution is 5.73. The lowest BCUT2D eigenvalue weighted by Gasteiger charge is -2.35. The van der Waals surface area contributed by atoms with Gasteiger partial charge >= 0.3 is 0 Å². The average molecular weight is 397 g/mol. The molecule has 1 unspecified atom stereocenters. The summed E-state index contributed by atoms with van der Waals surface area (Å²) in [5, 5.41) is 7.83. The summed E-state index contributed by atoms with van der Waals surface area (Å²) in [4.78, 5) is 5.05. The van der Waals surface area contributed by atoms with Gasteiger partial charge in [0.2, 0.25) is 0 Å². The van der Waals surface area contributed by atoms with Crippen LogP contribution in [0, 0.1) is 11.7 Å². The van der Waals surface area contributed by atoms with Crippen LogP contribution in [-0.2, 0) is 13.0 Å². The van der Waals surface area contributed by atoms with Crippen LogP contribution in [0.15, 0.2) is 47.1 Å². The zero-order valence-electron chi connectivity index (χ0n) is 17.1. The van der Waals surface area contributed by atoms with Crippen molar-refractivity contribution in [3.63, 3.8) is 0 Å². The van der Waals surface area contributed by atoms with Gasteiger partial charge in [-0.3, -0.25) is 4.90 Å². The van der Waals surface area contributed by atoms with Crippen molar-refractivity contribution in [1.29, 1.82) is 0 Å². The molecule has 0 N–H and O–H groups in total. The standard InChI is InChI=1S/C23H29FN4O/c1-2-27(15-19-8-9-22-23(14-19)26-29-25-22)16-20-6-4-11-28(17-20)12-10-18-5-3-7-21(24)13-18/h3,5,7-9,13-14,20H,2,4,6,10-12,15-17H2,1H3. The summed E-state index contributed by atoms with van der Waals surface area (Å²) >= 11 is 0. The van der Waals surface area contributed by atoms with E-state index in [1.807, 2.05) is 12.1 Å². The molecule has 0 saturated carbocycles. The lowest BCUT2D eigenvalue weighted by molar-refractivity contribution is 0.133. The second-order valence-corrected chi connectivity index (χ2v) is 8.10. The topological polar surface area (TPSA) is 45.4 Å². The summed E-state index contributed by atoms with van der Waals surface area (Å²) < 4.78 is 18.2. The van der Waals surface area contributed by atoms with Crippen LogP contribution in [0.4, 0.5) is 4.39 Å². The minimum absolute atomic E-state index is 0.141. The molecular weight excluding hydrogens is 367 g/mol. The molecule has 1 aliphatic rings. The molecule has 0 bridgehead atoms. The Morgan fingerprint density at radius 3 is 2.90 bits per heavy atom. The summed E-state index contributed by atoms with van der Waals surface area (Å²) in [6, 6.07) is 13.1. The first-order valence-corrected chi connectivity index (χ1v) is 10.6. The Balaban J connectivity index is 1.30. The lowest BCUT2D eigenvalue weighted by Crippen LogP contribution is -2.41. The Bertz CT molecular complexity index is 928. The van der Waals surface area contributed by atoms with Crippen molar-refractivity contribution in [2.45, 2.75) is 32.7 Å². The first-order valence-electron chi connectivity index (χ1n) is 10.6. The van der Waals surface area contributed by atoms with Gasteiger partial charge in [0.1, 0.15) is 16.9 Å². The summed E-state index contributed by atoms with van der Waals surface area (Å²) in [6.07, 6.45) is 3.43. The van der Waals surface area contributed by atoms with Crippen molar-refractivity contribution in [2.75, 3.05) is 32.7 Å². The molecule has 1 aromatic heterocycles. The van der Waals surface area contributed by atoms with Gasteiger partial charge < -0.3 is 4.90 Å². The number of piperidine rings is 1. The van der Waals surface area contributed by atoms with Gasteiger partial charge in [0.05, 0.1) is 0 Å². The molecule has 1 atom stereocenters. The lowest BCUT2D eigenvalue weighted by atomic mass is 9.96. The van der Waals surface area contributed by atoms with E-state index in [4.69, 9.17) is 4.63 Å². The second-order valence-electron chi connectivity index (χ2n) is 8.10. The molecule has 2 heterocycles. The average Bonchev–Trinajstić information content (AvgIpc) is 3.20. The predicted molar refractivity (Wildman–Crippen MR) is 112 cm³/mol. The maximum Gasteiger partial charge on any atom is 0.135 e. The molecule has 2 aromatic carbocycles. The second kappa shape index (κ2) is 9.46. The summed E-state index contributed by atoms with van der Waals surface area (Å²) in [7, 11) is 0. The number of halogens is 1. The van der Waals surface area contributed by atoms with Crippen molar-refractivity contribution in [3.05, 3.63) is 59.4 Å². The van der Waals surface area contributed by atoms with Crippen molar-refractivity contribution >= 4 is 11.0 Å². The van der Waals surface area contributed by atoms with E-state index < -0.39 is 0 Å². The molecule has 1 fully saturated rings. The molecule has 4 rings (SSSR count). The molecule has 0 spiro atoms. The van der Waals surface area contributed by atoms with Crippen LogP contribution in [0.2, 0.25) is 0 Å². The number of hydrogen-bond acceptors (Lipinski definition) is 5. The van der Waals surface area contributed by atoms with Gasteiger partial charge in [-0.25, -0.2) is 9.02 Å². The monoisotopic (exact) mass is 396 g/mol. The van der Waals surface area contributed by atoms with E-state index in [0.717, 1.165) is 62.3 Å². The molecule has 6 heteroatoms. The van der Waals surface area contributed by atoms with E-state index in [0.29, 0.717) is 5.92 Å². The highest BCUT2D eigenvalue weighted by Gasteiger charge is 2.22. The molecule has 29 heavy (non-hydrogen) atoms. The van der Waals surface area contributed by atoms with Crippen LogP contribution in [0.3, 0.4) is 0 Å². The van der Waals surface area contributed by atoms with Gasteiger partial charge in [-0.05, 0) is 84.0 Å². The normalized spacial score (nSPS) is 18.0. The van der Waals surface area contributed by atoms with Crippen LogP contribution in [-0.4, -0.2) is 52.8 Å². The summed E-state index contributed by atoms with van der Waals surface area (Å²) in [5.74, 6) is 0.533. The number of benzene rings is 2. The quantitative estimate of drug-likeness (QED) is 0.573. The van der Waals surface area contributed by atoms with Crippen LogP contribution in [0.1, 0.15) is 30.9 Å². The smallest absolute Gasteiger partial charge is 0.135 e. The van der Waals surface area contributed by atoms with Crippen molar-refractivity contribution in [2.24, 2.45) is 5.92 Å². The molecule has 5 nitrogen and oxygen atoms in total. The van der Waals surface area contributed by atoms with Gasteiger partial charge in [-0.15, -0.1) is 0 Å². The van der Waals surface area contributed by atoms with Crippen LogP contribution in [0.25, 0.3) is 11.0 Å². The van der Waals surface area contributed by atoms with Crippen molar-refractivity contribution < 1.29 is 9.02 Å². The largest absolute Gasteiger partial charge is 0.303 e. The Labute approximate surface area is 171 Å². The molecule has 0 amide bonds. The third-order valence-electron chi connectivity index (χ3n) is 5.90. The summed E-state index contributed by atoms with van der Waals surface area (Å²) in [5.41, 5.74) is 3.95. The maximum atomic E-state index is 13.4. The van der Waals surface area contributed by atoms with Gasteiger partial charge in [0.25, 0.3) is 0 Å². The third-order valence-corrected chi connectivity index (χ3v) is 5.90. The number of nitrogens with zero attached hydrogens (tertiary/aromatic N) is 4. The van der Waals surface area contributed by atoms with Crippen LogP contribution in [0.5, 0.6) is 0 Å². The van der Waals surface area contributed by atoms with Crippen molar-refractivity contribution in [3.8, 4) is 0 Å². The van der Waals surface area contributed by atoms with Gasteiger partial charge in [0, 0.05) is 26.2 Å². The fourth-order valence-corrected chi connectivity index (χ4v) is 4.34. The maximum absolute atomic E-state index is 13.4. The number of fused-ring (bicyclic) bond motifs is 1. The minimum Gasteiger partial charge on any atom is -0.303 e. The Kier molecular flexibility index (Phi) is 6.52. The minimum atomic E-state index is -0.141. The van der Waals surface area contributed by atoms with Gasteiger partial charge in [-0.1, -0.05) is 25.1 Å². The van der Waals surface area contributed by atoms with E-state index in [1.54, 1.807) is 12.1 Å². The summed E-state index contributed by atoms with van der Waals surface area (Å²) in [6.45, 7) is 8.53. The fraction of sp³-hybridized carbons (Fsp3) is 0.478. The number of rotatable bonds is 8. The Hall–Kier alpha value is -2.31. The molecule has 0 aliphatic carbocycles. The number of likely N-dealkylation sites (tertiary alicyclic amines) is 1. The zero-order chi connectivity index (χ0) is 20.1. The van der Waals surface area contributed by atoms with Gasteiger partial charge in [0.15, 0.2) is 0 Å². The Morgan fingerprint density at radius 2 is 2.03 bits per heavy atom. The molecule has 0 radical (unpaired) electrons.